The summed E-state index contributed by atoms with van der Waals surface area (Å²) >= 11 is 0. The highest BCUT2D eigenvalue weighted by atomic mass is 127. The van der Waals surface area contributed by atoms with E-state index < -0.39 is 0 Å². The molecule has 6 nitrogen and oxygen atoms in total. The average molecular weight is 503 g/mol. The second-order valence-electron chi connectivity index (χ2n) is 5.86. The summed E-state index contributed by atoms with van der Waals surface area (Å²) in [6, 6.07) is 8.89. The van der Waals surface area contributed by atoms with Gasteiger partial charge >= 0.3 is 0 Å². The standard InChI is InChI=1S/C20H26FN3O3.HI/c1-13-6-7-14(10-16(13)21)11-23-20(22-2)24-12-15-8-9-17(25-3)19(27-5)18(15)26-4;/h6-10H,11-12H2,1-5H3,(H2,22,23,24);1H. The summed E-state index contributed by atoms with van der Waals surface area (Å²) in [6.07, 6.45) is 0. The number of guanidine groups is 1. The predicted molar refractivity (Wildman–Crippen MR) is 120 cm³/mol. The number of aryl methyl sites for hydroxylation is 1. The molecule has 0 unspecified atom stereocenters. The molecule has 0 atom stereocenters. The lowest BCUT2D eigenvalue weighted by atomic mass is 10.1. The monoisotopic (exact) mass is 503 g/mol. The third-order valence-electron chi connectivity index (χ3n) is 4.15. The van der Waals surface area contributed by atoms with Crippen molar-refractivity contribution in [3.8, 4) is 17.2 Å². The van der Waals surface area contributed by atoms with Crippen LogP contribution < -0.4 is 24.8 Å². The summed E-state index contributed by atoms with van der Waals surface area (Å²) < 4.78 is 29.8. The van der Waals surface area contributed by atoms with Gasteiger partial charge in [-0.1, -0.05) is 12.1 Å². The minimum absolute atomic E-state index is 0. The van der Waals surface area contributed by atoms with E-state index in [4.69, 9.17) is 14.2 Å². The molecule has 0 aliphatic heterocycles. The van der Waals surface area contributed by atoms with E-state index in [0.29, 0.717) is 41.9 Å². The van der Waals surface area contributed by atoms with Crippen molar-refractivity contribution < 1.29 is 18.6 Å². The summed E-state index contributed by atoms with van der Waals surface area (Å²) in [4.78, 5) is 4.19. The lowest BCUT2D eigenvalue weighted by Gasteiger charge is -2.17. The minimum Gasteiger partial charge on any atom is -0.493 e. The molecule has 0 bridgehead atoms. The second-order valence-corrected chi connectivity index (χ2v) is 5.86. The van der Waals surface area contributed by atoms with Crippen LogP contribution in [0.5, 0.6) is 17.2 Å². The molecule has 28 heavy (non-hydrogen) atoms. The van der Waals surface area contributed by atoms with Gasteiger partial charge in [-0.25, -0.2) is 4.39 Å². The SMILES string of the molecule is CN=C(NCc1ccc(C)c(F)c1)NCc1ccc(OC)c(OC)c1OC.I. The van der Waals surface area contributed by atoms with Gasteiger partial charge in [-0.05, 0) is 36.2 Å². The molecular formula is C20H27FIN3O3. The molecule has 0 aliphatic rings. The quantitative estimate of drug-likeness (QED) is 0.343. The number of nitrogens with zero attached hydrogens (tertiary/aromatic N) is 1. The van der Waals surface area contributed by atoms with Crippen LogP contribution in [0.4, 0.5) is 4.39 Å². The van der Waals surface area contributed by atoms with Gasteiger partial charge in [0.15, 0.2) is 17.5 Å². The molecule has 0 fully saturated rings. The Morgan fingerprint density at radius 3 is 2.21 bits per heavy atom. The molecule has 0 heterocycles. The van der Waals surface area contributed by atoms with Crippen LogP contribution >= 0.6 is 24.0 Å². The number of methoxy groups -OCH3 is 3. The third kappa shape index (κ3) is 5.88. The largest absolute Gasteiger partial charge is 0.493 e. The molecule has 0 saturated carbocycles. The van der Waals surface area contributed by atoms with E-state index in [0.717, 1.165) is 11.1 Å². The van der Waals surface area contributed by atoms with E-state index in [2.05, 4.69) is 15.6 Å². The van der Waals surface area contributed by atoms with Gasteiger partial charge in [0, 0.05) is 25.7 Å². The molecule has 0 saturated heterocycles. The van der Waals surface area contributed by atoms with Crippen LogP contribution in [0.1, 0.15) is 16.7 Å². The first-order chi connectivity index (χ1) is 13.0. The fourth-order valence-electron chi connectivity index (χ4n) is 2.63. The van der Waals surface area contributed by atoms with Gasteiger partial charge in [-0.15, -0.1) is 24.0 Å². The molecular weight excluding hydrogens is 476 g/mol. The zero-order chi connectivity index (χ0) is 19.8. The molecule has 2 aromatic carbocycles. The zero-order valence-electron chi connectivity index (χ0n) is 16.8. The van der Waals surface area contributed by atoms with Crippen molar-refractivity contribution in [2.45, 2.75) is 20.0 Å². The number of ether oxygens (including phenoxy) is 3. The first-order valence-corrected chi connectivity index (χ1v) is 8.51. The fourth-order valence-corrected chi connectivity index (χ4v) is 2.63. The number of nitrogens with one attached hydrogen (secondary N) is 2. The van der Waals surface area contributed by atoms with Crippen LogP contribution in [0, 0.1) is 12.7 Å². The Labute approximate surface area is 182 Å². The van der Waals surface area contributed by atoms with Crippen LogP contribution in [0.25, 0.3) is 0 Å². The smallest absolute Gasteiger partial charge is 0.203 e. The first-order valence-electron chi connectivity index (χ1n) is 8.51. The highest BCUT2D eigenvalue weighted by molar-refractivity contribution is 14.0. The van der Waals surface area contributed by atoms with Crippen LogP contribution in [0.15, 0.2) is 35.3 Å². The first kappa shape index (κ1) is 23.8. The summed E-state index contributed by atoms with van der Waals surface area (Å²) in [6.45, 7) is 2.66. The molecule has 154 valence electrons. The normalized spacial score (nSPS) is 10.7. The average Bonchev–Trinajstić information content (AvgIpc) is 2.69. The maximum atomic E-state index is 13.7. The van der Waals surface area contributed by atoms with Crippen molar-refractivity contribution in [1.29, 1.82) is 0 Å². The number of rotatable bonds is 7. The van der Waals surface area contributed by atoms with Crippen molar-refractivity contribution >= 4 is 29.9 Å². The number of hydrogen-bond donors (Lipinski definition) is 2. The minimum atomic E-state index is -0.215. The zero-order valence-corrected chi connectivity index (χ0v) is 19.1. The van der Waals surface area contributed by atoms with Crippen LogP contribution in [-0.2, 0) is 13.1 Å². The molecule has 0 radical (unpaired) electrons. The van der Waals surface area contributed by atoms with Gasteiger partial charge in [0.05, 0.1) is 21.3 Å². The highest BCUT2D eigenvalue weighted by Crippen LogP contribution is 2.39. The van der Waals surface area contributed by atoms with Gasteiger partial charge in [0.25, 0.3) is 0 Å². The number of aliphatic imine (C=N–C) groups is 1. The Kier molecular flexibility index (Phi) is 9.84. The molecule has 0 aromatic heterocycles. The molecule has 0 aliphatic carbocycles. The van der Waals surface area contributed by atoms with Crippen molar-refractivity contribution in [1.82, 2.24) is 10.6 Å². The molecule has 8 heteroatoms. The van der Waals surface area contributed by atoms with Gasteiger partial charge in [-0.3, -0.25) is 4.99 Å². The van der Waals surface area contributed by atoms with Crippen molar-refractivity contribution in [2.24, 2.45) is 4.99 Å². The van der Waals surface area contributed by atoms with Crippen molar-refractivity contribution in [2.75, 3.05) is 28.4 Å². The van der Waals surface area contributed by atoms with E-state index >= 15 is 0 Å². The lowest BCUT2D eigenvalue weighted by molar-refractivity contribution is 0.322. The van der Waals surface area contributed by atoms with E-state index in [-0.39, 0.29) is 29.8 Å². The summed E-state index contributed by atoms with van der Waals surface area (Å²) in [5.74, 6) is 2.11. The maximum absolute atomic E-state index is 13.7. The van der Waals surface area contributed by atoms with Crippen LogP contribution in [0.3, 0.4) is 0 Å². The highest BCUT2D eigenvalue weighted by Gasteiger charge is 2.15. The van der Waals surface area contributed by atoms with Crippen molar-refractivity contribution in [3.05, 3.63) is 52.8 Å². The van der Waals surface area contributed by atoms with E-state index in [1.165, 1.54) is 6.07 Å². The second kappa shape index (κ2) is 11.6. The maximum Gasteiger partial charge on any atom is 0.203 e. The Morgan fingerprint density at radius 1 is 0.964 bits per heavy atom. The fraction of sp³-hybridized carbons (Fsp3) is 0.350. The molecule has 2 N–H and O–H groups in total. The van der Waals surface area contributed by atoms with Crippen LogP contribution in [-0.4, -0.2) is 34.3 Å². The molecule has 0 amide bonds. The van der Waals surface area contributed by atoms with Gasteiger partial charge < -0.3 is 24.8 Å². The predicted octanol–water partition coefficient (Wildman–Crippen LogP) is 3.64. The van der Waals surface area contributed by atoms with E-state index in [1.807, 2.05) is 18.2 Å². The molecule has 0 spiro atoms. The van der Waals surface area contributed by atoms with Gasteiger partial charge in [0.2, 0.25) is 5.75 Å². The topological polar surface area (TPSA) is 64.1 Å². The van der Waals surface area contributed by atoms with Crippen molar-refractivity contribution in [3.63, 3.8) is 0 Å². The summed E-state index contributed by atoms with van der Waals surface area (Å²) in [5.41, 5.74) is 2.35. The van der Waals surface area contributed by atoms with E-state index in [9.17, 15) is 4.39 Å². The van der Waals surface area contributed by atoms with E-state index in [1.54, 1.807) is 41.4 Å². The number of hydrogen-bond acceptors (Lipinski definition) is 4. The van der Waals surface area contributed by atoms with Crippen LogP contribution in [0.2, 0.25) is 0 Å². The number of benzene rings is 2. The lowest BCUT2D eigenvalue weighted by Crippen LogP contribution is -2.36. The Hall–Kier alpha value is -2.23. The number of halogens is 2. The summed E-state index contributed by atoms with van der Waals surface area (Å²) in [5, 5.41) is 6.38. The van der Waals surface area contributed by atoms with Gasteiger partial charge in [-0.2, -0.15) is 0 Å². The molecule has 2 rings (SSSR count). The summed E-state index contributed by atoms with van der Waals surface area (Å²) in [7, 11) is 6.41. The third-order valence-corrected chi connectivity index (χ3v) is 4.15. The Balaban J connectivity index is 0.00000392. The Morgan fingerprint density at radius 2 is 1.64 bits per heavy atom. The molecule has 2 aromatic rings. The van der Waals surface area contributed by atoms with Gasteiger partial charge in [0.1, 0.15) is 5.82 Å². The Bertz CT molecular complexity index is 816.